The van der Waals surface area contributed by atoms with E-state index in [1.54, 1.807) is 24.3 Å². The molecule has 0 spiro atoms. The third-order valence-corrected chi connectivity index (χ3v) is 3.41. The number of benzene rings is 2. The fourth-order valence-corrected chi connectivity index (χ4v) is 2.23. The molecule has 124 valence electrons. The number of hydrogen-bond donors (Lipinski definition) is 2. The van der Waals surface area contributed by atoms with Crippen molar-refractivity contribution in [1.29, 1.82) is 0 Å². The Bertz CT molecular complexity index is 789. The molecule has 0 radical (unpaired) electrons. The minimum Gasteiger partial charge on any atom is -0.504 e. The van der Waals surface area contributed by atoms with Crippen LogP contribution in [0.1, 0.15) is 11.1 Å². The van der Waals surface area contributed by atoms with Gasteiger partial charge >= 0.3 is 0 Å². The van der Waals surface area contributed by atoms with Gasteiger partial charge in [0.15, 0.2) is 23.0 Å². The smallest absolute Gasteiger partial charge is 0.244 e. The van der Waals surface area contributed by atoms with E-state index in [1.807, 2.05) is 6.07 Å². The van der Waals surface area contributed by atoms with E-state index in [1.165, 1.54) is 19.4 Å². The summed E-state index contributed by atoms with van der Waals surface area (Å²) in [6.07, 6.45) is 1.65. The Morgan fingerprint density at radius 1 is 1.29 bits per heavy atom. The topological polar surface area (TPSA) is 89.4 Å². The van der Waals surface area contributed by atoms with Crippen LogP contribution < -0.4 is 19.6 Å². The number of amides is 1. The number of hydrogen-bond acceptors (Lipinski definition) is 6. The molecule has 0 saturated heterocycles. The van der Waals surface area contributed by atoms with Gasteiger partial charge in [0.1, 0.15) is 0 Å². The zero-order valence-electron chi connectivity index (χ0n) is 13.0. The molecule has 0 aliphatic carbocycles. The standard InChI is InChI=1S/C17H16N2O5/c1-22-15-7-12(2-4-13(15)20)9-18-19-17(21)8-11-3-5-14-16(6-11)24-10-23-14/h2-7,9,20H,8,10H2,1H3,(H,19,21)/b18-9-. The van der Waals surface area contributed by atoms with Crippen molar-refractivity contribution in [3.05, 3.63) is 47.5 Å². The zero-order valence-corrected chi connectivity index (χ0v) is 13.0. The molecule has 1 aliphatic rings. The van der Waals surface area contributed by atoms with Crippen molar-refractivity contribution in [2.75, 3.05) is 13.9 Å². The minimum absolute atomic E-state index is 0.0430. The van der Waals surface area contributed by atoms with E-state index in [0.717, 1.165) is 5.56 Å². The highest BCUT2D eigenvalue weighted by Gasteiger charge is 2.14. The number of phenols is 1. The van der Waals surface area contributed by atoms with Gasteiger partial charge in [-0.1, -0.05) is 6.07 Å². The van der Waals surface area contributed by atoms with Crippen LogP contribution in [0.4, 0.5) is 0 Å². The molecule has 1 heterocycles. The number of carbonyl (C=O) groups is 1. The van der Waals surface area contributed by atoms with Crippen LogP contribution in [0.15, 0.2) is 41.5 Å². The number of ether oxygens (including phenoxy) is 3. The molecule has 0 fully saturated rings. The summed E-state index contributed by atoms with van der Waals surface area (Å²) in [4.78, 5) is 11.9. The van der Waals surface area contributed by atoms with E-state index in [9.17, 15) is 9.90 Å². The molecule has 7 heteroatoms. The third kappa shape index (κ3) is 3.57. The number of nitrogens with one attached hydrogen (secondary N) is 1. The van der Waals surface area contributed by atoms with Crippen molar-refractivity contribution in [1.82, 2.24) is 5.43 Å². The molecule has 1 aliphatic heterocycles. The highest BCUT2D eigenvalue weighted by Crippen LogP contribution is 2.32. The molecule has 24 heavy (non-hydrogen) atoms. The number of hydrazone groups is 1. The van der Waals surface area contributed by atoms with Crippen molar-refractivity contribution in [3.8, 4) is 23.0 Å². The van der Waals surface area contributed by atoms with E-state index in [-0.39, 0.29) is 24.9 Å². The van der Waals surface area contributed by atoms with E-state index >= 15 is 0 Å². The predicted octanol–water partition coefficient (Wildman–Crippen LogP) is 1.82. The average molecular weight is 328 g/mol. The van der Waals surface area contributed by atoms with Gasteiger partial charge in [0, 0.05) is 0 Å². The van der Waals surface area contributed by atoms with Gasteiger partial charge in [0.25, 0.3) is 0 Å². The monoisotopic (exact) mass is 328 g/mol. The van der Waals surface area contributed by atoms with Crippen LogP contribution in [0.2, 0.25) is 0 Å². The summed E-state index contributed by atoms with van der Waals surface area (Å²) in [5.41, 5.74) is 3.95. The van der Waals surface area contributed by atoms with Crippen molar-refractivity contribution in [3.63, 3.8) is 0 Å². The first-order valence-electron chi connectivity index (χ1n) is 7.23. The lowest BCUT2D eigenvalue weighted by molar-refractivity contribution is -0.120. The highest BCUT2D eigenvalue weighted by atomic mass is 16.7. The third-order valence-electron chi connectivity index (χ3n) is 3.41. The molecule has 0 unspecified atom stereocenters. The van der Waals surface area contributed by atoms with Crippen molar-refractivity contribution >= 4 is 12.1 Å². The largest absolute Gasteiger partial charge is 0.504 e. The van der Waals surface area contributed by atoms with Crippen LogP contribution in [-0.4, -0.2) is 31.1 Å². The Morgan fingerprint density at radius 3 is 2.96 bits per heavy atom. The molecule has 2 N–H and O–H groups in total. The summed E-state index contributed by atoms with van der Waals surface area (Å²) in [6.45, 7) is 0.200. The van der Waals surface area contributed by atoms with Crippen LogP contribution in [-0.2, 0) is 11.2 Å². The molecule has 2 aromatic rings. The number of phenolic OH excluding ortho intramolecular Hbond substituents is 1. The summed E-state index contributed by atoms with van der Waals surface area (Å²) in [6, 6.07) is 10.1. The number of fused-ring (bicyclic) bond motifs is 1. The first kappa shape index (κ1) is 15.7. The maximum atomic E-state index is 11.9. The Balaban J connectivity index is 1.57. The van der Waals surface area contributed by atoms with E-state index in [2.05, 4.69) is 10.5 Å². The summed E-state index contributed by atoms with van der Waals surface area (Å²) in [7, 11) is 1.46. The molecular formula is C17H16N2O5. The van der Waals surface area contributed by atoms with Crippen LogP contribution in [0.25, 0.3) is 0 Å². The number of rotatable bonds is 5. The second-order valence-electron chi connectivity index (χ2n) is 5.09. The fourth-order valence-electron chi connectivity index (χ4n) is 2.23. The summed E-state index contributed by atoms with van der Waals surface area (Å²) in [5, 5.41) is 13.4. The lowest BCUT2D eigenvalue weighted by Gasteiger charge is -2.04. The van der Waals surface area contributed by atoms with Crippen LogP contribution >= 0.6 is 0 Å². The van der Waals surface area contributed by atoms with Crippen LogP contribution in [0, 0.1) is 0 Å². The van der Waals surface area contributed by atoms with Crippen molar-refractivity contribution < 1.29 is 24.1 Å². The highest BCUT2D eigenvalue weighted by molar-refractivity contribution is 5.84. The molecule has 2 aromatic carbocycles. The van der Waals surface area contributed by atoms with Gasteiger partial charge in [-0.25, -0.2) is 5.43 Å². The Kier molecular flexibility index (Phi) is 4.51. The van der Waals surface area contributed by atoms with E-state index < -0.39 is 0 Å². The molecule has 0 bridgehead atoms. The lowest BCUT2D eigenvalue weighted by atomic mass is 10.1. The van der Waals surface area contributed by atoms with Gasteiger partial charge in [-0.3, -0.25) is 4.79 Å². The number of aromatic hydroxyl groups is 1. The van der Waals surface area contributed by atoms with Crippen LogP contribution in [0.3, 0.4) is 0 Å². The summed E-state index contributed by atoms with van der Waals surface area (Å²) >= 11 is 0. The molecule has 0 aromatic heterocycles. The summed E-state index contributed by atoms with van der Waals surface area (Å²) in [5.74, 6) is 1.45. The first-order valence-corrected chi connectivity index (χ1v) is 7.23. The quantitative estimate of drug-likeness (QED) is 0.645. The Labute approximate surface area is 138 Å². The summed E-state index contributed by atoms with van der Waals surface area (Å²) < 4.78 is 15.5. The SMILES string of the molecule is COc1cc(/C=N\NC(=O)Cc2ccc3c(c2)OCO3)ccc1O. The maximum absolute atomic E-state index is 11.9. The van der Waals surface area contributed by atoms with E-state index in [4.69, 9.17) is 14.2 Å². The van der Waals surface area contributed by atoms with Crippen molar-refractivity contribution in [2.45, 2.75) is 6.42 Å². The van der Waals surface area contributed by atoms with Crippen molar-refractivity contribution in [2.24, 2.45) is 5.10 Å². The number of nitrogens with zero attached hydrogens (tertiary/aromatic N) is 1. The van der Waals surface area contributed by atoms with E-state index in [0.29, 0.717) is 22.8 Å². The molecule has 1 amide bonds. The minimum atomic E-state index is -0.254. The molecule has 3 rings (SSSR count). The van der Waals surface area contributed by atoms with Gasteiger partial charge in [-0.05, 0) is 41.5 Å². The Hall–Kier alpha value is -3.22. The molecular weight excluding hydrogens is 312 g/mol. The zero-order chi connectivity index (χ0) is 16.9. The number of carbonyl (C=O) groups excluding carboxylic acids is 1. The van der Waals surface area contributed by atoms with Gasteiger partial charge < -0.3 is 19.3 Å². The van der Waals surface area contributed by atoms with Gasteiger partial charge in [0.2, 0.25) is 12.7 Å². The van der Waals surface area contributed by atoms with Gasteiger partial charge in [-0.2, -0.15) is 5.10 Å². The first-order chi connectivity index (χ1) is 11.7. The predicted molar refractivity (Wildman–Crippen MR) is 86.7 cm³/mol. The van der Waals surface area contributed by atoms with Gasteiger partial charge in [0.05, 0.1) is 19.7 Å². The molecule has 0 atom stereocenters. The van der Waals surface area contributed by atoms with Gasteiger partial charge in [-0.15, -0.1) is 0 Å². The maximum Gasteiger partial charge on any atom is 0.244 e. The second-order valence-corrected chi connectivity index (χ2v) is 5.09. The normalized spacial score (nSPS) is 12.4. The van der Waals surface area contributed by atoms with Crippen LogP contribution in [0.5, 0.6) is 23.0 Å². The molecule has 7 nitrogen and oxygen atoms in total. The Morgan fingerprint density at radius 2 is 2.12 bits per heavy atom. The lowest BCUT2D eigenvalue weighted by Crippen LogP contribution is -2.19. The second kappa shape index (κ2) is 6.91. The average Bonchev–Trinajstić information content (AvgIpc) is 3.04. The number of methoxy groups -OCH3 is 1. The molecule has 0 saturated carbocycles. The fraction of sp³-hybridized carbons (Fsp3) is 0.176.